The van der Waals surface area contributed by atoms with Gasteiger partial charge in [-0.2, -0.15) is 0 Å². The second kappa shape index (κ2) is 17.9. The number of hydrogen-bond donors (Lipinski definition) is 3. The van der Waals surface area contributed by atoms with E-state index in [9.17, 15) is 14.4 Å². The first-order chi connectivity index (χ1) is 27.4. The Morgan fingerprint density at radius 1 is 0.684 bits per heavy atom. The molecule has 0 aliphatic carbocycles. The molecule has 2 atom stereocenters. The zero-order valence-corrected chi connectivity index (χ0v) is 32.0. The molecule has 6 heterocycles. The van der Waals surface area contributed by atoms with Crippen LogP contribution in [-0.4, -0.2) is 67.1 Å². The summed E-state index contributed by atoms with van der Waals surface area (Å²) in [4.78, 5) is 63.1. The number of esters is 1. The van der Waals surface area contributed by atoms with Crippen molar-refractivity contribution in [2.45, 2.75) is 90.3 Å². The van der Waals surface area contributed by atoms with Crippen molar-refractivity contribution in [2.75, 3.05) is 13.7 Å². The number of methoxy groups -OCH3 is 1. The average Bonchev–Trinajstić information content (AvgIpc) is 4.02. The largest absolute Gasteiger partial charge is 0.464 e. The Hall–Kier alpha value is -6.57. The molecular formula is C37H43N9O11. The first-order valence-corrected chi connectivity index (χ1v) is 18.3. The number of rotatable bonds is 18. The van der Waals surface area contributed by atoms with Gasteiger partial charge >= 0.3 is 12.1 Å². The third kappa shape index (κ3) is 10.4. The summed E-state index contributed by atoms with van der Waals surface area (Å²) in [5.74, 6) is -0.320. The summed E-state index contributed by atoms with van der Waals surface area (Å²) >= 11 is 0. The van der Waals surface area contributed by atoms with Crippen molar-refractivity contribution >= 4 is 18.0 Å². The van der Waals surface area contributed by atoms with Crippen molar-refractivity contribution in [1.82, 2.24) is 40.5 Å². The van der Waals surface area contributed by atoms with Crippen molar-refractivity contribution < 1.29 is 50.4 Å². The van der Waals surface area contributed by atoms with Gasteiger partial charge in [-0.25, -0.2) is 39.5 Å². The number of amides is 2. The molecular weight excluding hydrogens is 746 g/mol. The van der Waals surface area contributed by atoms with Crippen LogP contribution in [0, 0.1) is 0 Å². The first kappa shape index (κ1) is 40.1. The topological polar surface area (TPSA) is 276 Å². The molecule has 2 amide bonds. The molecule has 0 spiro atoms. The van der Waals surface area contributed by atoms with Crippen LogP contribution in [0.4, 0.5) is 4.79 Å². The number of ether oxygens (including phenoxy) is 2. The quantitative estimate of drug-likeness (QED) is 0.0595. The highest BCUT2D eigenvalue weighted by molar-refractivity contribution is 5.92. The fraction of sp³-hybridized carbons (Fsp3) is 0.432. The lowest BCUT2D eigenvalue weighted by atomic mass is 10.1. The summed E-state index contributed by atoms with van der Waals surface area (Å²) in [5, 5.41) is 5.65. The van der Waals surface area contributed by atoms with E-state index >= 15 is 0 Å². The second-order valence-corrected chi connectivity index (χ2v) is 13.8. The van der Waals surface area contributed by atoms with Gasteiger partial charge < -0.3 is 52.3 Å². The zero-order chi connectivity index (χ0) is 40.5. The molecule has 0 bridgehead atoms. The second-order valence-electron chi connectivity index (χ2n) is 13.8. The molecule has 6 rings (SSSR count). The molecule has 57 heavy (non-hydrogen) atoms. The van der Waals surface area contributed by atoms with Gasteiger partial charge in [0.1, 0.15) is 49.2 Å². The van der Waals surface area contributed by atoms with Crippen LogP contribution in [-0.2, 0) is 9.47 Å². The van der Waals surface area contributed by atoms with Gasteiger partial charge in [0.2, 0.25) is 35.3 Å². The Morgan fingerprint density at radius 3 is 1.84 bits per heavy atom. The number of unbranched alkanes of at least 4 members (excludes halogenated alkanes) is 3. The van der Waals surface area contributed by atoms with Crippen molar-refractivity contribution in [3.8, 4) is 46.3 Å². The molecule has 0 saturated heterocycles. The fourth-order valence-electron chi connectivity index (χ4n) is 5.37. The molecule has 0 aliphatic heterocycles. The Balaban J connectivity index is 1.05. The van der Waals surface area contributed by atoms with E-state index in [4.69, 9.17) is 37.0 Å². The minimum atomic E-state index is -0.657. The monoisotopic (exact) mass is 789 g/mol. The number of nitrogens with zero attached hydrogens (tertiary/aromatic N) is 6. The van der Waals surface area contributed by atoms with E-state index in [1.54, 1.807) is 20.8 Å². The van der Waals surface area contributed by atoms with Gasteiger partial charge in [-0.15, -0.1) is 0 Å². The highest BCUT2D eigenvalue weighted by Crippen LogP contribution is 2.29. The lowest BCUT2D eigenvalue weighted by molar-refractivity contribution is 0.0525. The zero-order valence-electron chi connectivity index (χ0n) is 32.0. The van der Waals surface area contributed by atoms with E-state index in [0.29, 0.717) is 43.8 Å². The predicted octanol–water partition coefficient (Wildman–Crippen LogP) is 6.82. The van der Waals surface area contributed by atoms with Gasteiger partial charge in [-0.05, 0) is 46.5 Å². The standard InChI is InChI=1S/C37H43N9O11/c1-6-7-8-12-21(30-43-25(16-53-30)33-45-26(18-55-33)34-46-27(19-56-34)35(48)50-5)40-28(47)22-14-52-31(41-22)24-17-54-32(44-24)23-15-51-29(42-23)20(38)11-9-10-13-39-36(49)57-37(2,3)4/h14-21H,6-13,38H2,1-5H3,(H,39,49)(H,40,47). The summed E-state index contributed by atoms with van der Waals surface area (Å²) in [6, 6.07) is -1.11. The summed E-state index contributed by atoms with van der Waals surface area (Å²) in [6.07, 6.45) is 12.4. The molecule has 2 unspecified atom stereocenters. The maximum atomic E-state index is 13.4. The number of alkyl carbamates (subject to hydrolysis) is 1. The summed E-state index contributed by atoms with van der Waals surface area (Å²) in [6.45, 7) is 7.93. The van der Waals surface area contributed by atoms with E-state index in [-0.39, 0.29) is 57.9 Å². The summed E-state index contributed by atoms with van der Waals surface area (Å²) in [7, 11) is 1.24. The van der Waals surface area contributed by atoms with E-state index < -0.39 is 35.7 Å². The lowest BCUT2D eigenvalue weighted by Gasteiger charge is -2.19. The van der Waals surface area contributed by atoms with Crippen LogP contribution >= 0.6 is 0 Å². The fourth-order valence-corrected chi connectivity index (χ4v) is 5.37. The Labute approximate surface area is 325 Å². The SMILES string of the molecule is CCCCCC(NC(=O)c1coc(-c2coc(-c3coc(C(N)CCCCNC(=O)OC(C)(C)C)n3)n2)n1)c1nc(-c2nc(-c3nc(C(=O)OC)co3)co2)co1. The highest BCUT2D eigenvalue weighted by Gasteiger charge is 2.26. The third-order valence-corrected chi connectivity index (χ3v) is 8.19. The van der Waals surface area contributed by atoms with Crippen molar-refractivity contribution in [2.24, 2.45) is 5.73 Å². The minimum absolute atomic E-state index is 0.00701. The number of nitrogens with one attached hydrogen (secondary N) is 2. The van der Waals surface area contributed by atoms with Gasteiger partial charge in [-0.1, -0.05) is 26.2 Å². The van der Waals surface area contributed by atoms with Gasteiger partial charge in [0.05, 0.1) is 13.2 Å². The molecule has 20 heteroatoms. The van der Waals surface area contributed by atoms with Crippen molar-refractivity contribution in [1.29, 1.82) is 0 Å². The lowest BCUT2D eigenvalue weighted by Crippen LogP contribution is -2.33. The Bertz CT molecular complexity index is 2250. The number of oxazole rings is 6. The molecule has 0 saturated carbocycles. The van der Waals surface area contributed by atoms with E-state index in [1.807, 2.05) is 0 Å². The molecule has 6 aromatic heterocycles. The Morgan fingerprint density at radius 2 is 1.21 bits per heavy atom. The van der Waals surface area contributed by atoms with Gasteiger partial charge in [0.15, 0.2) is 34.2 Å². The minimum Gasteiger partial charge on any atom is -0.464 e. The normalized spacial score (nSPS) is 12.7. The summed E-state index contributed by atoms with van der Waals surface area (Å²) < 4.78 is 43.3. The van der Waals surface area contributed by atoms with E-state index in [0.717, 1.165) is 25.5 Å². The third-order valence-electron chi connectivity index (χ3n) is 8.19. The molecule has 0 aliphatic rings. The highest BCUT2D eigenvalue weighted by atomic mass is 16.6. The maximum absolute atomic E-state index is 13.4. The van der Waals surface area contributed by atoms with E-state index in [1.165, 1.54) is 38.4 Å². The first-order valence-electron chi connectivity index (χ1n) is 18.3. The van der Waals surface area contributed by atoms with Crippen LogP contribution in [0.15, 0.2) is 64.1 Å². The van der Waals surface area contributed by atoms with Crippen molar-refractivity contribution in [3.05, 3.63) is 60.7 Å². The molecule has 4 N–H and O–H groups in total. The molecule has 302 valence electrons. The number of carbonyl (C=O) groups is 3. The van der Waals surface area contributed by atoms with Gasteiger partial charge in [0, 0.05) is 6.54 Å². The molecule has 20 nitrogen and oxygen atoms in total. The number of hydrogen-bond acceptors (Lipinski definition) is 18. The van der Waals surface area contributed by atoms with Crippen LogP contribution < -0.4 is 16.4 Å². The summed E-state index contributed by atoms with van der Waals surface area (Å²) in [5.41, 5.74) is 6.73. The van der Waals surface area contributed by atoms with Gasteiger partial charge in [-0.3, -0.25) is 4.79 Å². The average molecular weight is 790 g/mol. The Kier molecular flexibility index (Phi) is 12.6. The smallest absolute Gasteiger partial charge is 0.407 e. The number of carbonyl (C=O) groups excluding carboxylic acids is 3. The van der Waals surface area contributed by atoms with Crippen LogP contribution in [0.1, 0.15) is 117 Å². The molecule has 0 aromatic carbocycles. The number of nitrogens with two attached hydrogens (primary N) is 1. The van der Waals surface area contributed by atoms with Gasteiger partial charge in [0.25, 0.3) is 5.91 Å². The van der Waals surface area contributed by atoms with Crippen LogP contribution in [0.5, 0.6) is 0 Å². The van der Waals surface area contributed by atoms with Crippen LogP contribution in [0.3, 0.4) is 0 Å². The van der Waals surface area contributed by atoms with Crippen LogP contribution in [0.2, 0.25) is 0 Å². The molecule has 6 aromatic rings. The predicted molar refractivity (Wildman–Crippen MR) is 196 cm³/mol. The van der Waals surface area contributed by atoms with E-state index in [2.05, 4.69) is 52.2 Å². The molecule has 0 radical (unpaired) electrons. The van der Waals surface area contributed by atoms with Crippen LogP contribution in [0.25, 0.3) is 46.3 Å². The van der Waals surface area contributed by atoms with Crippen molar-refractivity contribution in [3.63, 3.8) is 0 Å². The molecule has 0 fully saturated rings. The maximum Gasteiger partial charge on any atom is 0.407 e. The number of aromatic nitrogens is 6.